The summed E-state index contributed by atoms with van der Waals surface area (Å²) < 4.78 is 5.26. The Morgan fingerprint density at radius 1 is 1.00 bits per heavy atom. The number of carbonyl (C=O) groups is 5. The molecule has 0 spiro atoms. The molecular formula is C25H28N4O7. The molecule has 0 unspecified atom stereocenters. The molecule has 1 fully saturated rings. The normalized spacial score (nSPS) is 13.2. The fourth-order valence-electron chi connectivity index (χ4n) is 3.50. The number of benzene rings is 2. The number of aliphatic carboxylic acids is 1. The Balaban J connectivity index is 1.43. The van der Waals surface area contributed by atoms with Crippen molar-refractivity contribution in [1.82, 2.24) is 15.1 Å². The Kier molecular flexibility index (Phi) is 9.38. The van der Waals surface area contributed by atoms with E-state index >= 15 is 0 Å². The van der Waals surface area contributed by atoms with Gasteiger partial charge in [0.2, 0.25) is 11.8 Å². The van der Waals surface area contributed by atoms with Crippen LogP contribution in [0.25, 0.3) is 0 Å². The van der Waals surface area contributed by atoms with Crippen LogP contribution in [0.2, 0.25) is 0 Å². The second-order valence-electron chi connectivity index (χ2n) is 8.16. The zero-order valence-corrected chi connectivity index (χ0v) is 19.6. The van der Waals surface area contributed by atoms with Gasteiger partial charge in [-0.1, -0.05) is 36.4 Å². The van der Waals surface area contributed by atoms with Crippen molar-refractivity contribution in [2.45, 2.75) is 19.4 Å². The van der Waals surface area contributed by atoms with E-state index in [-0.39, 0.29) is 57.6 Å². The number of ether oxygens (including phenoxy) is 1. The lowest BCUT2D eigenvalue weighted by molar-refractivity contribution is -0.138. The summed E-state index contributed by atoms with van der Waals surface area (Å²) in [5.41, 5.74) is 1.53. The Morgan fingerprint density at radius 2 is 1.78 bits per heavy atom. The number of nitrogens with one attached hydrogen (secondary N) is 2. The molecule has 1 saturated heterocycles. The zero-order valence-electron chi connectivity index (χ0n) is 19.6. The summed E-state index contributed by atoms with van der Waals surface area (Å²) >= 11 is 0. The van der Waals surface area contributed by atoms with E-state index in [0.717, 1.165) is 5.56 Å². The van der Waals surface area contributed by atoms with Gasteiger partial charge < -0.3 is 25.4 Å². The molecule has 4 amide bonds. The van der Waals surface area contributed by atoms with Crippen molar-refractivity contribution >= 4 is 35.5 Å². The van der Waals surface area contributed by atoms with Crippen LogP contribution in [-0.2, 0) is 25.7 Å². The van der Waals surface area contributed by atoms with Gasteiger partial charge in [0, 0.05) is 37.3 Å². The van der Waals surface area contributed by atoms with E-state index in [9.17, 15) is 24.0 Å². The fourth-order valence-corrected chi connectivity index (χ4v) is 3.50. The number of carboxylic acid groups (broad SMARTS) is 1. The first-order valence-electron chi connectivity index (χ1n) is 11.4. The molecule has 0 bridgehead atoms. The van der Waals surface area contributed by atoms with Crippen LogP contribution < -0.4 is 10.6 Å². The summed E-state index contributed by atoms with van der Waals surface area (Å²) in [7, 11) is 0. The van der Waals surface area contributed by atoms with Crippen molar-refractivity contribution < 1.29 is 33.8 Å². The van der Waals surface area contributed by atoms with Crippen LogP contribution >= 0.6 is 0 Å². The highest BCUT2D eigenvalue weighted by molar-refractivity contribution is 5.98. The fraction of sp³-hybridized carbons (Fsp3) is 0.320. The van der Waals surface area contributed by atoms with Crippen molar-refractivity contribution in [3.05, 3.63) is 65.7 Å². The molecule has 0 aromatic heterocycles. The number of carboxylic acids is 1. The van der Waals surface area contributed by atoms with Gasteiger partial charge in [-0.2, -0.15) is 0 Å². The van der Waals surface area contributed by atoms with Gasteiger partial charge in [0.15, 0.2) is 0 Å². The van der Waals surface area contributed by atoms with Gasteiger partial charge in [-0.05, 0) is 30.2 Å². The number of hydrogen-bond acceptors (Lipinski definition) is 6. The highest BCUT2D eigenvalue weighted by Gasteiger charge is 2.29. The molecule has 3 N–H and O–H groups in total. The number of hydrogen-bond donors (Lipinski definition) is 3. The van der Waals surface area contributed by atoms with E-state index in [1.165, 1.54) is 15.9 Å². The summed E-state index contributed by atoms with van der Waals surface area (Å²) in [5, 5.41) is 13.9. The van der Waals surface area contributed by atoms with Gasteiger partial charge in [-0.3, -0.25) is 24.1 Å². The highest BCUT2D eigenvalue weighted by atomic mass is 16.6. The molecule has 2 aromatic carbocycles. The second kappa shape index (κ2) is 12.9. The molecule has 0 radical (unpaired) electrons. The van der Waals surface area contributed by atoms with Crippen molar-refractivity contribution in [3.63, 3.8) is 0 Å². The molecule has 11 heteroatoms. The average Bonchev–Trinajstić information content (AvgIpc) is 2.87. The van der Waals surface area contributed by atoms with Crippen molar-refractivity contribution in [1.29, 1.82) is 0 Å². The van der Waals surface area contributed by atoms with Gasteiger partial charge in [0.25, 0.3) is 5.91 Å². The molecule has 1 heterocycles. The summed E-state index contributed by atoms with van der Waals surface area (Å²) in [6.07, 6.45) is -0.323. The standard InChI is InChI=1S/C25H28N4O7/c30-21(27-20-9-4-8-19(14-20)24(34)26-11-5-10-23(32)33)15-28-12-13-29(16-22(28)31)25(35)36-17-18-6-2-1-3-7-18/h1-4,6-9,14H,5,10-13,15-17H2,(H,26,34)(H,27,30)(H,32,33). The SMILES string of the molecule is O=C(O)CCCNC(=O)c1cccc(NC(=O)CN2CCN(C(=O)OCc3ccccc3)CC2=O)c1. The molecule has 0 atom stereocenters. The average molecular weight is 497 g/mol. The Morgan fingerprint density at radius 3 is 2.50 bits per heavy atom. The molecule has 3 rings (SSSR count). The summed E-state index contributed by atoms with van der Waals surface area (Å²) in [6, 6.07) is 15.5. The van der Waals surface area contributed by atoms with Crippen molar-refractivity contribution in [3.8, 4) is 0 Å². The number of piperazine rings is 1. The molecule has 1 aliphatic heterocycles. The van der Waals surface area contributed by atoms with Crippen LogP contribution in [0.1, 0.15) is 28.8 Å². The molecule has 190 valence electrons. The van der Waals surface area contributed by atoms with Crippen LogP contribution in [0.15, 0.2) is 54.6 Å². The van der Waals surface area contributed by atoms with Gasteiger partial charge in [-0.25, -0.2) is 4.79 Å². The summed E-state index contributed by atoms with van der Waals surface area (Å²) in [4.78, 5) is 62.7. The van der Waals surface area contributed by atoms with Gasteiger partial charge in [-0.15, -0.1) is 0 Å². The monoisotopic (exact) mass is 496 g/mol. The lowest BCUT2D eigenvalue weighted by Gasteiger charge is -2.33. The quantitative estimate of drug-likeness (QED) is 0.425. The van der Waals surface area contributed by atoms with Crippen LogP contribution in [0.3, 0.4) is 0 Å². The molecule has 2 aromatic rings. The van der Waals surface area contributed by atoms with E-state index in [0.29, 0.717) is 17.7 Å². The molecular weight excluding hydrogens is 468 g/mol. The van der Waals surface area contributed by atoms with Crippen molar-refractivity contribution in [2.24, 2.45) is 0 Å². The first-order chi connectivity index (χ1) is 17.3. The zero-order chi connectivity index (χ0) is 25.9. The molecule has 11 nitrogen and oxygen atoms in total. The number of carbonyl (C=O) groups excluding carboxylic acids is 4. The maximum atomic E-state index is 12.5. The van der Waals surface area contributed by atoms with E-state index in [2.05, 4.69) is 10.6 Å². The third-order valence-electron chi connectivity index (χ3n) is 5.38. The van der Waals surface area contributed by atoms with Crippen molar-refractivity contribution in [2.75, 3.05) is 38.0 Å². The molecule has 1 aliphatic rings. The minimum absolute atomic E-state index is 0.0434. The van der Waals surface area contributed by atoms with E-state index < -0.39 is 18.0 Å². The van der Waals surface area contributed by atoms with Gasteiger partial charge >= 0.3 is 12.1 Å². The first-order valence-corrected chi connectivity index (χ1v) is 11.4. The lowest BCUT2D eigenvalue weighted by atomic mass is 10.2. The maximum Gasteiger partial charge on any atom is 0.410 e. The van der Waals surface area contributed by atoms with E-state index in [4.69, 9.17) is 9.84 Å². The minimum Gasteiger partial charge on any atom is -0.481 e. The second-order valence-corrected chi connectivity index (χ2v) is 8.16. The third-order valence-corrected chi connectivity index (χ3v) is 5.38. The van der Waals surface area contributed by atoms with E-state index in [1.54, 1.807) is 18.2 Å². The van der Waals surface area contributed by atoms with E-state index in [1.807, 2.05) is 30.3 Å². The smallest absolute Gasteiger partial charge is 0.410 e. The number of amides is 4. The third kappa shape index (κ3) is 8.12. The lowest BCUT2D eigenvalue weighted by Crippen LogP contribution is -2.53. The molecule has 36 heavy (non-hydrogen) atoms. The predicted molar refractivity (Wildman–Crippen MR) is 129 cm³/mol. The first kappa shape index (κ1) is 26.2. The Bertz CT molecular complexity index is 1110. The maximum absolute atomic E-state index is 12.5. The summed E-state index contributed by atoms with van der Waals surface area (Å²) in [6.45, 7) is 0.372. The minimum atomic E-state index is -0.933. The number of rotatable bonds is 10. The topological polar surface area (TPSA) is 145 Å². The Hall–Kier alpha value is -4.41. The summed E-state index contributed by atoms with van der Waals surface area (Å²) in [5.74, 6) is -2.14. The van der Waals surface area contributed by atoms with Gasteiger partial charge in [0.1, 0.15) is 13.2 Å². The predicted octanol–water partition coefficient (Wildman–Crippen LogP) is 1.70. The number of nitrogens with zero attached hydrogens (tertiary/aromatic N) is 2. The van der Waals surface area contributed by atoms with Crippen LogP contribution in [0, 0.1) is 0 Å². The highest BCUT2D eigenvalue weighted by Crippen LogP contribution is 2.12. The largest absolute Gasteiger partial charge is 0.481 e. The molecule has 0 saturated carbocycles. The van der Waals surface area contributed by atoms with Crippen LogP contribution in [-0.4, -0.2) is 77.4 Å². The van der Waals surface area contributed by atoms with Crippen LogP contribution in [0.5, 0.6) is 0 Å². The number of anilines is 1. The Labute approximate surface area is 208 Å². The van der Waals surface area contributed by atoms with Crippen LogP contribution in [0.4, 0.5) is 10.5 Å². The molecule has 0 aliphatic carbocycles. The van der Waals surface area contributed by atoms with Gasteiger partial charge in [0.05, 0.1) is 6.54 Å².